The van der Waals surface area contributed by atoms with E-state index in [4.69, 9.17) is 5.11 Å². The van der Waals surface area contributed by atoms with Crippen LogP contribution in [0.3, 0.4) is 0 Å². The average Bonchev–Trinajstić information content (AvgIpc) is 2.25. The lowest BCUT2D eigenvalue weighted by Crippen LogP contribution is -2.14. The Morgan fingerprint density at radius 1 is 1.28 bits per heavy atom. The van der Waals surface area contributed by atoms with Crippen LogP contribution in [0, 0.1) is 0 Å². The Hall–Kier alpha value is -2.31. The van der Waals surface area contributed by atoms with Crippen LogP contribution in [0.2, 0.25) is 0 Å². The van der Waals surface area contributed by atoms with E-state index < -0.39 is 34.3 Å². The van der Waals surface area contributed by atoms with Gasteiger partial charge in [0.2, 0.25) is 0 Å². The highest BCUT2D eigenvalue weighted by atomic mass is 19.4. The predicted molar refractivity (Wildman–Crippen MR) is 54.4 cm³/mol. The van der Waals surface area contributed by atoms with Crippen LogP contribution in [0.4, 0.5) is 13.2 Å². The molecule has 4 nitrogen and oxygen atoms in total. The molecule has 7 heteroatoms. The summed E-state index contributed by atoms with van der Waals surface area (Å²) in [5.74, 6) is -1.64. The molecule has 1 heterocycles. The molecule has 0 atom stereocenters. The third kappa shape index (κ3) is 1.94. The summed E-state index contributed by atoms with van der Waals surface area (Å²) in [5.41, 5.74) is -3.38. The van der Waals surface area contributed by atoms with Crippen LogP contribution >= 0.6 is 0 Å². The quantitative estimate of drug-likeness (QED) is 0.798. The van der Waals surface area contributed by atoms with Crippen LogP contribution in [0.5, 0.6) is 0 Å². The molecule has 0 saturated heterocycles. The maximum absolute atomic E-state index is 12.7. The summed E-state index contributed by atoms with van der Waals surface area (Å²) >= 11 is 0. The highest BCUT2D eigenvalue weighted by molar-refractivity contribution is 5.92. The van der Waals surface area contributed by atoms with Gasteiger partial charge in [0.05, 0.1) is 5.56 Å². The Labute approximate surface area is 97.3 Å². The van der Waals surface area contributed by atoms with Crippen molar-refractivity contribution >= 4 is 16.9 Å². The molecule has 1 aromatic heterocycles. The maximum Gasteiger partial charge on any atom is 0.417 e. The van der Waals surface area contributed by atoms with Crippen LogP contribution in [-0.2, 0) is 6.18 Å². The number of rotatable bonds is 1. The summed E-state index contributed by atoms with van der Waals surface area (Å²) in [7, 11) is 0. The van der Waals surface area contributed by atoms with E-state index in [1.54, 1.807) is 0 Å². The smallest absolute Gasteiger partial charge is 0.417 e. The van der Waals surface area contributed by atoms with Gasteiger partial charge in [0.25, 0.3) is 0 Å². The van der Waals surface area contributed by atoms with E-state index >= 15 is 0 Å². The van der Waals surface area contributed by atoms with E-state index in [2.05, 4.69) is 4.42 Å². The first-order chi connectivity index (χ1) is 8.30. The molecule has 0 spiro atoms. The van der Waals surface area contributed by atoms with E-state index in [-0.39, 0.29) is 5.58 Å². The van der Waals surface area contributed by atoms with Gasteiger partial charge in [-0.3, -0.25) is 0 Å². The second kappa shape index (κ2) is 3.86. The van der Waals surface area contributed by atoms with Gasteiger partial charge >= 0.3 is 17.8 Å². The van der Waals surface area contributed by atoms with E-state index in [1.807, 2.05) is 0 Å². The van der Waals surface area contributed by atoms with Gasteiger partial charge in [-0.15, -0.1) is 0 Å². The molecule has 0 aliphatic carbocycles. The summed E-state index contributed by atoms with van der Waals surface area (Å²) < 4.78 is 42.6. The fraction of sp³-hybridized carbons (Fsp3) is 0.0909. The first-order valence-corrected chi connectivity index (χ1v) is 4.68. The minimum atomic E-state index is -4.66. The Balaban J connectivity index is 2.88. The van der Waals surface area contributed by atoms with Gasteiger partial charge in [-0.1, -0.05) is 6.07 Å². The zero-order valence-corrected chi connectivity index (χ0v) is 8.62. The summed E-state index contributed by atoms with van der Waals surface area (Å²) in [6.07, 6.45) is -4.66. The lowest BCUT2D eigenvalue weighted by molar-refractivity contribution is -0.136. The average molecular weight is 258 g/mol. The third-order valence-corrected chi connectivity index (χ3v) is 2.31. The molecule has 0 fully saturated rings. The zero-order valence-electron chi connectivity index (χ0n) is 8.62. The summed E-state index contributed by atoms with van der Waals surface area (Å²) in [5, 5.41) is 8.22. The molecule has 18 heavy (non-hydrogen) atoms. The van der Waals surface area contributed by atoms with Gasteiger partial charge in [-0.2, -0.15) is 13.2 Å². The number of carbonyl (C=O) groups is 1. The normalized spacial score (nSPS) is 11.7. The van der Waals surface area contributed by atoms with Gasteiger partial charge in [0, 0.05) is 5.39 Å². The minimum absolute atomic E-state index is 0.306. The van der Waals surface area contributed by atoms with E-state index in [1.165, 1.54) is 0 Å². The summed E-state index contributed by atoms with van der Waals surface area (Å²) in [6, 6.07) is 3.70. The van der Waals surface area contributed by atoms with Crippen molar-refractivity contribution in [2.24, 2.45) is 0 Å². The molecule has 0 saturated carbocycles. The van der Waals surface area contributed by atoms with Crippen molar-refractivity contribution in [1.29, 1.82) is 0 Å². The molecule has 0 unspecified atom stereocenters. The SMILES string of the molecule is O=C(O)c1cc2c(C(F)(F)F)cccc2oc1=O. The molecule has 1 aromatic carbocycles. The van der Waals surface area contributed by atoms with Crippen molar-refractivity contribution in [3.05, 3.63) is 45.8 Å². The molecular formula is C11H5F3O4. The van der Waals surface area contributed by atoms with E-state index in [0.717, 1.165) is 18.2 Å². The standard InChI is InChI=1S/C11H5F3O4/c12-11(13,14)7-2-1-3-8-5(7)4-6(9(15)16)10(17)18-8/h1-4H,(H,15,16). The maximum atomic E-state index is 12.7. The van der Waals surface area contributed by atoms with Crippen molar-refractivity contribution < 1.29 is 27.5 Å². The third-order valence-electron chi connectivity index (χ3n) is 2.31. The van der Waals surface area contributed by atoms with Crippen LogP contribution < -0.4 is 5.63 Å². The van der Waals surface area contributed by atoms with Gasteiger partial charge < -0.3 is 9.52 Å². The number of halogens is 3. The van der Waals surface area contributed by atoms with Gasteiger partial charge in [0.1, 0.15) is 11.1 Å². The highest BCUT2D eigenvalue weighted by Gasteiger charge is 2.33. The number of benzene rings is 1. The first kappa shape index (κ1) is 12.2. The van der Waals surface area contributed by atoms with Gasteiger partial charge in [-0.25, -0.2) is 9.59 Å². The second-order valence-electron chi connectivity index (χ2n) is 3.47. The number of carboxylic acid groups (broad SMARTS) is 1. The first-order valence-electron chi connectivity index (χ1n) is 4.68. The molecule has 2 rings (SSSR count). The second-order valence-corrected chi connectivity index (χ2v) is 3.47. The number of alkyl halides is 3. The molecule has 94 valence electrons. The Kier molecular flexibility index (Phi) is 2.61. The lowest BCUT2D eigenvalue weighted by Gasteiger charge is -2.09. The number of hydrogen-bond donors (Lipinski definition) is 1. The fourth-order valence-corrected chi connectivity index (χ4v) is 1.54. The molecule has 0 aliphatic rings. The lowest BCUT2D eigenvalue weighted by atomic mass is 10.1. The molecule has 1 N–H and O–H groups in total. The van der Waals surface area contributed by atoms with Crippen LogP contribution in [0.15, 0.2) is 33.5 Å². The topological polar surface area (TPSA) is 67.5 Å². The number of carboxylic acids is 1. The number of hydrogen-bond acceptors (Lipinski definition) is 3. The Morgan fingerprint density at radius 3 is 2.50 bits per heavy atom. The Bertz CT molecular complexity index is 685. The number of fused-ring (bicyclic) bond motifs is 1. The Morgan fingerprint density at radius 2 is 1.94 bits per heavy atom. The van der Waals surface area contributed by atoms with Crippen LogP contribution in [0.1, 0.15) is 15.9 Å². The van der Waals surface area contributed by atoms with Crippen molar-refractivity contribution in [2.75, 3.05) is 0 Å². The molecule has 0 bridgehead atoms. The molecule has 2 aromatic rings. The van der Waals surface area contributed by atoms with Crippen molar-refractivity contribution in [3.8, 4) is 0 Å². The monoisotopic (exact) mass is 258 g/mol. The zero-order chi connectivity index (χ0) is 13.5. The van der Waals surface area contributed by atoms with Crippen LogP contribution in [0.25, 0.3) is 11.0 Å². The highest BCUT2D eigenvalue weighted by Crippen LogP contribution is 2.34. The van der Waals surface area contributed by atoms with Crippen molar-refractivity contribution in [1.82, 2.24) is 0 Å². The molecule has 0 amide bonds. The van der Waals surface area contributed by atoms with Gasteiger partial charge in [0.15, 0.2) is 0 Å². The van der Waals surface area contributed by atoms with E-state index in [9.17, 15) is 22.8 Å². The summed E-state index contributed by atoms with van der Waals surface area (Å²) in [4.78, 5) is 21.9. The van der Waals surface area contributed by atoms with E-state index in [0.29, 0.717) is 6.07 Å². The summed E-state index contributed by atoms with van der Waals surface area (Å²) in [6.45, 7) is 0. The predicted octanol–water partition coefficient (Wildman–Crippen LogP) is 2.51. The molecule has 0 radical (unpaired) electrons. The molecular weight excluding hydrogens is 253 g/mol. The van der Waals surface area contributed by atoms with Crippen molar-refractivity contribution in [3.63, 3.8) is 0 Å². The van der Waals surface area contributed by atoms with Crippen molar-refractivity contribution in [2.45, 2.75) is 6.18 Å². The largest absolute Gasteiger partial charge is 0.477 e. The molecule has 0 aliphatic heterocycles. The van der Waals surface area contributed by atoms with Gasteiger partial charge in [-0.05, 0) is 18.2 Å². The minimum Gasteiger partial charge on any atom is -0.477 e. The fourth-order valence-electron chi connectivity index (χ4n) is 1.54. The number of aromatic carboxylic acids is 1. The van der Waals surface area contributed by atoms with Crippen LogP contribution in [-0.4, -0.2) is 11.1 Å².